The van der Waals surface area contributed by atoms with Crippen molar-refractivity contribution in [1.82, 2.24) is 4.90 Å². The minimum absolute atomic E-state index is 0.630. The minimum atomic E-state index is 0.630. The summed E-state index contributed by atoms with van der Waals surface area (Å²) in [5.74, 6) is 2.62. The SMILES string of the molecule is COc1cc(-c2csc3ccccc23)cc2c1OCCN(Cc1ccco1)C2. The van der Waals surface area contributed by atoms with Crippen molar-refractivity contribution in [3.8, 4) is 22.6 Å². The third-order valence-electron chi connectivity index (χ3n) is 5.15. The molecule has 2 aromatic carbocycles. The first-order chi connectivity index (χ1) is 13.8. The van der Waals surface area contributed by atoms with E-state index in [2.05, 4.69) is 46.7 Å². The van der Waals surface area contributed by atoms with Crippen LogP contribution in [0.1, 0.15) is 11.3 Å². The second-order valence-corrected chi connectivity index (χ2v) is 7.86. The zero-order valence-electron chi connectivity index (χ0n) is 15.7. The molecule has 1 aliphatic rings. The summed E-state index contributed by atoms with van der Waals surface area (Å²) in [5, 5.41) is 3.50. The summed E-state index contributed by atoms with van der Waals surface area (Å²) in [6.07, 6.45) is 1.72. The minimum Gasteiger partial charge on any atom is -0.493 e. The van der Waals surface area contributed by atoms with E-state index in [0.29, 0.717) is 6.61 Å². The van der Waals surface area contributed by atoms with Crippen LogP contribution in [0, 0.1) is 0 Å². The van der Waals surface area contributed by atoms with Gasteiger partial charge in [0.1, 0.15) is 12.4 Å². The number of hydrogen-bond acceptors (Lipinski definition) is 5. The van der Waals surface area contributed by atoms with Gasteiger partial charge in [-0.15, -0.1) is 11.3 Å². The molecule has 0 aliphatic carbocycles. The van der Waals surface area contributed by atoms with Gasteiger partial charge in [-0.05, 0) is 41.3 Å². The van der Waals surface area contributed by atoms with Crippen molar-refractivity contribution >= 4 is 21.4 Å². The molecule has 0 fully saturated rings. The molecule has 3 heterocycles. The molecule has 0 N–H and O–H groups in total. The van der Waals surface area contributed by atoms with Crippen LogP contribution >= 0.6 is 11.3 Å². The van der Waals surface area contributed by atoms with Gasteiger partial charge in [0.15, 0.2) is 11.5 Å². The molecule has 28 heavy (non-hydrogen) atoms. The molecule has 0 saturated carbocycles. The zero-order valence-corrected chi connectivity index (χ0v) is 16.5. The number of rotatable bonds is 4. The summed E-state index contributed by atoms with van der Waals surface area (Å²) in [6.45, 7) is 3.03. The van der Waals surface area contributed by atoms with Gasteiger partial charge < -0.3 is 13.9 Å². The van der Waals surface area contributed by atoms with E-state index in [9.17, 15) is 0 Å². The van der Waals surface area contributed by atoms with Crippen LogP contribution in [0.15, 0.2) is 64.6 Å². The van der Waals surface area contributed by atoms with Crippen LogP contribution in [0.2, 0.25) is 0 Å². The van der Waals surface area contributed by atoms with Crippen LogP contribution < -0.4 is 9.47 Å². The molecular formula is C23H21NO3S. The van der Waals surface area contributed by atoms with Crippen LogP contribution in [0.4, 0.5) is 0 Å². The Morgan fingerprint density at radius 1 is 1.14 bits per heavy atom. The van der Waals surface area contributed by atoms with Crippen molar-refractivity contribution in [2.45, 2.75) is 13.1 Å². The molecule has 142 valence electrons. The largest absolute Gasteiger partial charge is 0.493 e. The van der Waals surface area contributed by atoms with Gasteiger partial charge in [0.25, 0.3) is 0 Å². The Hall–Kier alpha value is -2.76. The van der Waals surface area contributed by atoms with E-state index in [1.807, 2.05) is 12.1 Å². The van der Waals surface area contributed by atoms with Crippen molar-refractivity contribution in [1.29, 1.82) is 0 Å². The van der Waals surface area contributed by atoms with Gasteiger partial charge >= 0.3 is 0 Å². The first kappa shape index (κ1) is 17.3. The standard InChI is InChI=1S/C23H21NO3S/c1-25-21-12-16(20-15-28-22-7-3-2-6-19(20)22)11-17-13-24(8-10-27-23(17)21)14-18-5-4-9-26-18/h2-7,9,11-12,15H,8,10,13-14H2,1H3. The lowest BCUT2D eigenvalue weighted by atomic mass is 10.0. The smallest absolute Gasteiger partial charge is 0.165 e. The summed E-state index contributed by atoms with van der Waals surface area (Å²) in [7, 11) is 1.71. The fourth-order valence-corrected chi connectivity index (χ4v) is 4.77. The van der Waals surface area contributed by atoms with E-state index >= 15 is 0 Å². The Morgan fingerprint density at radius 3 is 2.93 bits per heavy atom. The number of hydrogen-bond donors (Lipinski definition) is 0. The molecule has 0 saturated heterocycles. The zero-order chi connectivity index (χ0) is 18.9. The molecule has 0 amide bonds. The lowest BCUT2D eigenvalue weighted by Gasteiger charge is -2.18. The highest BCUT2D eigenvalue weighted by Gasteiger charge is 2.22. The van der Waals surface area contributed by atoms with Gasteiger partial charge in [-0.25, -0.2) is 0 Å². The highest BCUT2D eigenvalue weighted by atomic mass is 32.1. The van der Waals surface area contributed by atoms with Gasteiger partial charge in [-0.2, -0.15) is 0 Å². The fraction of sp³-hybridized carbons (Fsp3) is 0.217. The Bertz CT molecular complexity index is 1100. The van der Waals surface area contributed by atoms with Gasteiger partial charge in [0.2, 0.25) is 0 Å². The lowest BCUT2D eigenvalue weighted by Crippen LogP contribution is -2.25. The van der Waals surface area contributed by atoms with E-state index < -0.39 is 0 Å². The van der Waals surface area contributed by atoms with Crippen LogP contribution in [-0.2, 0) is 13.1 Å². The van der Waals surface area contributed by atoms with E-state index in [1.54, 1.807) is 24.7 Å². The Morgan fingerprint density at radius 2 is 2.07 bits per heavy atom. The average molecular weight is 391 g/mol. The Labute approximate surface area is 167 Å². The molecule has 2 aromatic heterocycles. The predicted molar refractivity (Wildman–Crippen MR) is 112 cm³/mol. The molecule has 1 aliphatic heterocycles. The highest BCUT2D eigenvalue weighted by Crippen LogP contribution is 2.41. The second-order valence-electron chi connectivity index (χ2n) is 6.95. The molecule has 4 aromatic rings. The van der Waals surface area contributed by atoms with Gasteiger partial charge in [0, 0.05) is 34.3 Å². The maximum absolute atomic E-state index is 6.09. The third-order valence-corrected chi connectivity index (χ3v) is 6.11. The highest BCUT2D eigenvalue weighted by molar-refractivity contribution is 7.17. The normalized spacial score (nSPS) is 14.5. The number of ether oxygens (including phenoxy) is 2. The van der Waals surface area contributed by atoms with Crippen LogP contribution in [0.3, 0.4) is 0 Å². The maximum Gasteiger partial charge on any atom is 0.165 e. The molecule has 0 atom stereocenters. The number of nitrogens with zero attached hydrogens (tertiary/aromatic N) is 1. The topological polar surface area (TPSA) is 34.8 Å². The van der Waals surface area contributed by atoms with E-state index in [-0.39, 0.29) is 0 Å². The third kappa shape index (κ3) is 3.17. The van der Waals surface area contributed by atoms with Crippen molar-refractivity contribution in [3.05, 3.63) is 71.5 Å². The molecular weight excluding hydrogens is 370 g/mol. The first-order valence-electron chi connectivity index (χ1n) is 9.37. The number of fused-ring (bicyclic) bond motifs is 2. The van der Waals surface area contributed by atoms with E-state index in [1.165, 1.54) is 15.6 Å². The predicted octanol–water partition coefficient (Wildman–Crippen LogP) is 5.56. The molecule has 0 radical (unpaired) electrons. The van der Waals surface area contributed by atoms with Crippen molar-refractivity contribution in [2.75, 3.05) is 20.3 Å². The van der Waals surface area contributed by atoms with Crippen LogP contribution in [-0.4, -0.2) is 25.2 Å². The summed E-state index contributed by atoms with van der Waals surface area (Å²) in [5.41, 5.74) is 3.55. The molecule has 4 nitrogen and oxygen atoms in total. The van der Waals surface area contributed by atoms with Gasteiger partial charge in [0.05, 0.1) is 19.9 Å². The van der Waals surface area contributed by atoms with Crippen molar-refractivity contribution in [2.24, 2.45) is 0 Å². The lowest BCUT2D eigenvalue weighted by molar-refractivity contribution is 0.204. The summed E-state index contributed by atoms with van der Waals surface area (Å²) in [4.78, 5) is 2.35. The Balaban J connectivity index is 1.55. The average Bonchev–Trinajstić information content (AvgIpc) is 3.33. The number of methoxy groups -OCH3 is 1. The van der Waals surface area contributed by atoms with Crippen molar-refractivity contribution < 1.29 is 13.9 Å². The maximum atomic E-state index is 6.09. The number of benzene rings is 2. The van der Waals surface area contributed by atoms with Crippen LogP contribution in [0.25, 0.3) is 21.2 Å². The Kier molecular flexibility index (Phi) is 4.55. The van der Waals surface area contributed by atoms with Gasteiger partial charge in [-0.1, -0.05) is 18.2 Å². The van der Waals surface area contributed by atoms with E-state index in [4.69, 9.17) is 13.9 Å². The molecule has 0 unspecified atom stereocenters. The number of furan rings is 1. The fourth-order valence-electron chi connectivity index (χ4n) is 3.80. The van der Waals surface area contributed by atoms with Crippen molar-refractivity contribution in [3.63, 3.8) is 0 Å². The molecule has 0 bridgehead atoms. The summed E-state index contributed by atoms with van der Waals surface area (Å²) >= 11 is 1.77. The van der Waals surface area contributed by atoms with E-state index in [0.717, 1.165) is 48.0 Å². The monoisotopic (exact) mass is 391 g/mol. The van der Waals surface area contributed by atoms with Crippen LogP contribution in [0.5, 0.6) is 11.5 Å². The molecule has 5 heteroatoms. The summed E-state index contributed by atoms with van der Waals surface area (Å²) < 4.78 is 18.6. The first-order valence-corrected chi connectivity index (χ1v) is 10.2. The molecule has 5 rings (SSSR count). The summed E-state index contributed by atoms with van der Waals surface area (Å²) in [6, 6.07) is 16.8. The number of thiophene rings is 1. The second kappa shape index (κ2) is 7.34. The quantitative estimate of drug-likeness (QED) is 0.456. The van der Waals surface area contributed by atoms with Gasteiger partial charge in [-0.3, -0.25) is 4.90 Å². The molecule has 0 spiro atoms.